The Labute approximate surface area is 150 Å². The van der Waals surface area contributed by atoms with Crippen molar-refractivity contribution in [3.05, 3.63) is 29.8 Å². The molecule has 1 amide bonds. The molecule has 3 heterocycles. The van der Waals surface area contributed by atoms with E-state index in [2.05, 4.69) is 15.3 Å². The Kier molecular flexibility index (Phi) is 7.87. The summed E-state index contributed by atoms with van der Waals surface area (Å²) in [5.41, 5.74) is 7.08. The molecule has 2 atom stereocenters. The molecule has 3 rings (SSSR count). The van der Waals surface area contributed by atoms with Crippen molar-refractivity contribution < 1.29 is 9.53 Å². The van der Waals surface area contributed by atoms with Crippen LogP contribution in [0.1, 0.15) is 12.8 Å². The van der Waals surface area contributed by atoms with Crippen LogP contribution in [0.3, 0.4) is 0 Å². The summed E-state index contributed by atoms with van der Waals surface area (Å²) >= 11 is 1.37. The third kappa shape index (κ3) is 4.86. The molecule has 0 radical (unpaired) electrons. The molecular formula is C14H18Cl2N4O2S. The Hall–Kier alpha value is -1.25. The highest BCUT2D eigenvalue weighted by Crippen LogP contribution is 2.25. The molecule has 23 heavy (non-hydrogen) atoms. The molecular weight excluding hydrogens is 359 g/mol. The Morgan fingerprint density at radius 3 is 2.83 bits per heavy atom. The van der Waals surface area contributed by atoms with E-state index in [4.69, 9.17) is 10.5 Å². The molecule has 126 valence electrons. The van der Waals surface area contributed by atoms with E-state index < -0.39 is 6.10 Å². The summed E-state index contributed by atoms with van der Waals surface area (Å²) in [6.45, 7) is 0.449. The van der Waals surface area contributed by atoms with Crippen molar-refractivity contribution in [3.63, 3.8) is 0 Å². The number of hydrogen-bond acceptors (Lipinski definition) is 6. The van der Waals surface area contributed by atoms with Gasteiger partial charge in [0.2, 0.25) is 0 Å². The van der Waals surface area contributed by atoms with Crippen molar-refractivity contribution in [1.29, 1.82) is 0 Å². The number of thiazole rings is 1. The number of halogens is 2. The van der Waals surface area contributed by atoms with Crippen molar-refractivity contribution in [2.45, 2.75) is 25.0 Å². The first-order valence-electron chi connectivity index (χ1n) is 6.79. The molecule has 9 heteroatoms. The lowest BCUT2D eigenvalue weighted by atomic mass is 10.2. The molecule has 1 aliphatic heterocycles. The van der Waals surface area contributed by atoms with Crippen LogP contribution in [0.2, 0.25) is 0 Å². The van der Waals surface area contributed by atoms with Gasteiger partial charge in [-0.1, -0.05) is 6.07 Å². The SMILES string of the molecule is Cl.Cl.NC[C@H]1CC[C@@H](C(=O)Nc2nc(-c3ccccn3)cs2)O1. The normalized spacial score (nSPS) is 19.5. The maximum atomic E-state index is 12.1. The summed E-state index contributed by atoms with van der Waals surface area (Å²) in [5, 5.41) is 5.22. The highest BCUT2D eigenvalue weighted by atomic mass is 35.5. The van der Waals surface area contributed by atoms with Crippen LogP contribution in [-0.2, 0) is 9.53 Å². The monoisotopic (exact) mass is 376 g/mol. The second-order valence-corrected chi connectivity index (χ2v) is 5.66. The number of carbonyl (C=O) groups excluding carboxylic acids is 1. The number of hydrogen-bond donors (Lipinski definition) is 2. The number of nitrogens with one attached hydrogen (secondary N) is 1. The van der Waals surface area contributed by atoms with Crippen LogP contribution in [0.4, 0.5) is 5.13 Å². The van der Waals surface area contributed by atoms with Gasteiger partial charge in [-0.3, -0.25) is 15.1 Å². The van der Waals surface area contributed by atoms with E-state index in [0.717, 1.165) is 17.8 Å². The Balaban J connectivity index is 0.00000132. The molecule has 1 saturated heterocycles. The zero-order valence-corrected chi connectivity index (χ0v) is 14.6. The Morgan fingerprint density at radius 1 is 1.35 bits per heavy atom. The van der Waals surface area contributed by atoms with Crippen LogP contribution in [0.5, 0.6) is 0 Å². The van der Waals surface area contributed by atoms with Crippen LogP contribution in [0, 0.1) is 0 Å². The first-order chi connectivity index (χ1) is 10.3. The number of pyridine rings is 1. The smallest absolute Gasteiger partial charge is 0.255 e. The predicted molar refractivity (Wildman–Crippen MR) is 95.4 cm³/mol. The molecule has 0 spiro atoms. The molecule has 0 saturated carbocycles. The third-order valence-electron chi connectivity index (χ3n) is 3.32. The quantitative estimate of drug-likeness (QED) is 0.855. The number of carbonyl (C=O) groups is 1. The molecule has 0 aromatic carbocycles. The summed E-state index contributed by atoms with van der Waals surface area (Å²) in [6, 6.07) is 5.63. The van der Waals surface area contributed by atoms with Gasteiger partial charge in [0.25, 0.3) is 5.91 Å². The summed E-state index contributed by atoms with van der Waals surface area (Å²) in [7, 11) is 0. The molecule has 0 unspecified atom stereocenters. The van der Waals surface area contributed by atoms with E-state index in [1.807, 2.05) is 23.6 Å². The Morgan fingerprint density at radius 2 is 2.17 bits per heavy atom. The van der Waals surface area contributed by atoms with E-state index in [-0.39, 0.29) is 36.8 Å². The van der Waals surface area contributed by atoms with Gasteiger partial charge in [0, 0.05) is 18.1 Å². The highest BCUT2D eigenvalue weighted by molar-refractivity contribution is 7.14. The molecule has 2 aromatic heterocycles. The van der Waals surface area contributed by atoms with Crippen molar-refractivity contribution >= 4 is 47.2 Å². The molecule has 2 aromatic rings. The largest absolute Gasteiger partial charge is 0.364 e. The van der Waals surface area contributed by atoms with Crippen LogP contribution in [0.15, 0.2) is 29.8 Å². The fraction of sp³-hybridized carbons (Fsp3) is 0.357. The van der Waals surface area contributed by atoms with Crippen molar-refractivity contribution in [2.75, 3.05) is 11.9 Å². The van der Waals surface area contributed by atoms with Crippen LogP contribution < -0.4 is 11.1 Å². The topological polar surface area (TPSA) is 90.1 Å². The number of nitrogens with two attached hydrogens (primary N) is 1. The second kappa shape index (κ2) is 9.14. The van der Waals surface area contributed by atoms with Gasteiger partial charge < -0.3 is 10.5 Å². The predicted octanol–water partition coefficient (Wildman–Crippen LogP) is 2.49. The van der Waals surface area contributed by atoms with Crippen LogP contribution in [0.25, 0.3) is 11.4 Å². The van der Waals surface area contributed by atoms with Gasteiger partial charge >= 0.3 is 0 Å². The van der Waals surface area contributed by atoms with Gasteiger partial charge in [-0.05, 0) is 25.0 Å². The third-order valence-corrected chi connectivity index (χ3v) is 4.08. The van der Waals surface area contributed by atoms with Gasteiger partial charge in [0.1, 0.15) is 11.8 Å². The standard InChI is InChI=1S/C14H16N4O2S.2ClH/c15-7-9-4-5-12(20-9)13(19)18-14-17-11(8-21-14)10-3-1-2-6-16-10;;/h1-3,6,8-9,12H,4-5,7,15H2,(H,17,18,19);2*1H/t9-,12+;;/m1../s1. The number of rotatable bonds is 4. The summed E-state index contributed by atoms with van der Waals surface area (Å²) < 4.78 is 5.56. The van der Waals surface area contributed by atoms with Gasteiger partial charge in [-0.2, -0.15) is 0 Å². The number of ether oxygens (including phenoxy) is 1. The van der Waals surface area contributed by atoms with Crippen LogP contribution in [-0.4, -0.2) is 34.6 Å². The average Bonchev–Trinajstić information content (AvgIpc) is 3.17. The number of aromatic nitrogens is 2. The van der Waals surface area contributed by atoms with Crippen molar-refractivity contribution in [1.82, 2.24) is 9.97 Å². The molecule has 6 nitrogen and oxygen atoms in total. The fourth-order valence-electron chi connectivity index (χ4n) is 2.22. The summed E-state index contributed by atoms with van der Waals surface area (Å²) in [4.78, 5) is 20.7. The van der Waals surface area contributed by atoms with Crippen molar-refractivity contribution in [2.24, 2.45) is 5.73 Å². The number of nitrogens with zero attached hydrogens (tertiary/aromatic N) is 2. The molecule has 3 N–H and O–H groups in total. The minimum Gasteiger partial charge on any atom is -0.364 e. The summed E-state index contributed by atoms with van der Waals surface area (Å²) in [5.74, 6) is -0.159. The molecule has 0 aliphatic carbocycles. The first kappa shape index (κ1) is 19.8. The van der Waals surface area contributed by atoms with Crippen LogP contribution >= 0.6 is 36.2 Å². The minimum absolute atomic E-state index is 0. The van der Waals surface area contributed by atoms with Crippen molar-refractivity contribution in [3.8, 4) is 11.4 Å². The lowest BCUT2D eigenvalue weighted by Gasteiger charge is -2.11. The van der Waals surface area contributed by atoms with Gasteiger partial charge in [0.15, 0.2) is 5.13 Å². The van der Waals surface area contributed by atoms with E-state index in [9.17, 15) is 4.79 Å². The van der Waals surface area contributed by atoms with Gasteiger partial charge in [-0.15, -0.1) is 36.2 Å². The first-order valence-corrected chi connectivity index (χ1v) is 7.67. The van der Waals surface area contributed by atoms with E-state index in [0.29, 0.717) is 18.1 Å². The number of anilines is 1. The Bertz CT molecular complexity index is 626. The van der Waals surface area contributed by atoms with Gasteiger partial charge in [-0.25, -0.2) is 4.98 Å². The molecule has 1 aliphatic rings. The molecule has 0 bridgehead atoms. The maximum absolute atomic E-state index is 12.1. The summed E-state index contributed by atoms with van der Waals surface area (Å²) in [6.07, 6.45) is 2.80. The molecule has 1 fully saturated rings. The fourth-order valence-corrected chi connectivity index (χ4v) is 2.93. The lowest BCUT2D eigenvalue weighted by molar-refractivity contribution is -0.126. The zero-order chi connectivity index (χ0) is 14.7. The highest BCUT2D eigenvalue weighted by Gasteiger charge is 2.30. The lowest BCUT2D eigenvalue weighted by Crippen LogP contribution is -2.29. The van der Waals surface area contributed by atoms with E-state index >= 15 is 0 Å². The maximum Gasteiger partial charge on any atom is 0.255 e. The average molecular weight is 377 g/mol. The van der Waals surface area contributed by atoms with Gasteiger partial charge in [0.05, 0.1) is 11.8 Å². The second-order valence-electron chi connectivity index (χ2n) is 4.80. The minimum atomic E-state index is -0.430. The number of amides is 1. The van der Waals surface area contributed by atoms with E-state index in [1.54, 1.807) is 6.20 Å². The van der Waals surface area contributed by atoms with E-state index in [1.165, 1.54) is 11.3 Å². The zero-order valence-electron chi connectivity index (χ0n) is 12.2.